The number of rotatable bonds is 4. The summed E-state index contributed by atoms with van der Waals surface area (Å²) in [6, 6.07) is 10.9. The molecule has 0 amide bonds. The molecule has 0 bridgehead atoms. The highest BCUT2D eigenvalue weighted by Crippen LogP contribution is 2.20. The number of hydrogen-bond donors (Lipinski definition) is 1. The lowest BCUT2D eigenvalue weighted by Crippen LogP contribution is -2.08. The highest BCUT2D eigenvalue weighted by Gasteiger charge is 2.10. The van der Waals surface area contributed by atoms with Gasteiger partial charge < -0.3 is 14.3 Å². The number of hydrogen-bond acceptors (Lipinski definition) is 3. The van der Waals surface area contributed by atoms with E-state index in [1.54, 1.807) is 12.1 Å². The van der Waals surface area contributed by atoms with Crippen molar-refractivity contribution in [1.82, 2.24) is 0 Å². The van der Waals surface area contributed by atoms with Crippen LogP contribution in [0.5, 0.6) is 5.75 Å². The van der Waals surface area contributed by atoms with Crippen molar-refractivity contribution in [2.75, 3.05) is 6.61 Å². The van der Waals surface area contributed by atoms with E-state index in [9.17, 15) is 5.11 Å². The first kappa shape index (κ1) is 11.2. The summed E-state index contributed by atoms with van der Waals surface area (Å²) >= 11 is 3.35. The number of ether oxygens (including phenoxy) is 1. The van der Waals surface area contributed by atoms with Crippen LogP contribution in [0.15, 0.2) is 51.6 Å². The maximum Gasteiger partial charge on any atom is 0.145 e. The second-order valence-electron chi connectivity index (χ2n) is 3.30. The number of aliphatic hydroxyl groups is 1. The predicted molar refractivity (Wildman–Crippen MR) is 63.3 cm³/mol. The molecular formula is C12H11BrO3. The molecule has 0 spiro atoms. The van der Waals surface area contributed by atoms with Gasteiger partial charge in [-0.15, -0.1) is 0 Å². The van der Waals surface area contributed by atoms with Gasteiger partial charge in [-0.1, -0.05) is 22.0 Å². The fourth-order valence-corrected chi connectivity index (χ4v) is 1.67. The van der Waals surface area contributed by atoms with Gasteiger partial charge in [-0.05, 0) is 30.3 Å². The molecule has 4 heteroatoms. The topological polar surface area (TPSA) is 42.6 Å². The predicted octanol–water partition coefficient (Wildman–Crippen LogP) is 3.15. The van der Waals surface area contributed by atoms with Crippen molar-refractivity contribution in [3.05, 3.63) is 52.9 Å². The van der Waals surface area contributed by atoms with E-state index in [1.165, 1.54) is 6.26 Å². The number of halogens is 1. The molecule has 0 aliphatic rings. The van der Waals surface area contributed by atoms with Gasteiger partial charge in [-0.3, -0.25) is 0 Å². The summed E-state index contributed by atoms with van der Waals surface area (Å²) in [6.45, 7) is 0.171. The molecular weight excluding hydrogens is 272 g/mol. The van der Waals surface area contributed by atoms with Gasteiger partial charge in [0, 0.05) is 4.47 Å². The Balaban J connectivity index is 1.92. The second-order valence-corrected chi connectivity index (χ2v) is 4.22. The number of aliphatic hydroxyl groups excluding tert-OH is 1. The molecule has 2 rings (SSSR count). The van der Waals surface area contributed by atoms with E-state index in [2.05, 4.69) is 15.9 Å². The van der Waals surface area contributed by atoms with E-state index in [1.807, 2.05) is 24.3 Å². The summed E-state index contributed by atoms with van der Waals surface area (Å²) in [4.78, 5) is 0. The highest BCUT2D eigenvalue weighted by atomic mass is 79.9. The Morgan fingerprint density at radius 3 is 2.88 bits per heavy atom. The SMILES string of the molecule is OC(COc1cccc(Br)c1)c1ccco1. The maximum atomic E-state index is 9.71. The molecule has 1 aromatic heterocycles. The molecule has 84 valence electrons. The molecule has 1 N–H and O–H groups in total. The first-order valence-corrected chi connectivity index (χ1v) is 5.65. The second kappa shape index (κ2) is 5.18. The molecule has 2 aromatic rings. The van der Waals surface area contributed by atoms with Crippen molar-refractivity contribution in [3.8, 4) is 5.75 Å². The molecule has 3 nitrogen and oxygen atoms in total. The Morgan fingerprint density at radius 2 is 2.19 bits per heavy atom. The fraction of sp³-hybridized carbons (Fsp3) is 0.167. The van der Waals surface area contributed by atoms with E-state index in [0.29, 0.717) is 11.5 Å². The van der Waals surface area contributed by atoms with Gasteiger partial charge >= 0.3 is 0 Å². The minimum Gasteiger partial charge on any atom is -0.490 e. The molecule has 0 saturated carbocycles. The molecule has 0 aliphatic carbocycles. The van der Waals surface area contributed by atoms with Crippen LogP contribution in [0, 0.1) is 0 Å². The third-order valence-electron chi connectivity index (χ3n) is 2.08. The molecule has 1 unspecified atom stereocenters. The Kier molecular flexibility index (Phi) is 3.64. The van der Waals surface area contributed by atoms with Crippen LogP contribution in [0.25, 0.3) is 0 Å². The first-order valence-electron chi connectivity index (χ1n) is 4.85. The molecule has 0 radical (unpaired) electrons. The zero-order valence-corrected chi connectivity index (χ0v) is 10.1. The molecule has 0 aliphatic heterocycles. The smallest absolute Gasteiger partial charge is 0.145 e. The normalized spacial score (nSPS) is 12.4. The minimum atomic E-state index is -0.742. The van der Waals surface area contributed by atoms with Gasteiger partial charge in [0.2, 0.25) is 0 Å². The van der Waals surface area contributed by atoms with Crippen LogP contribution in [0.2, 0.25) is 0 Å². The standard InChI is InChI=1S/C12H11BrO3/c13-9-3-1-4-10(7-9)16-8-11(14)12-5-2-6-15-12/h1-7,11,14H,8H2. The molecule has 0 fully saturated rings. The van der Waals surface area contributed by atoms with Crippen LogP contribution in [0.4, 0.5) is 0 Å². The van der Waals surface area contributed by atoms with Crippen molar-refractivity contribution in [2.24, 2.45) is 0 Å². The maximum absolute atomic E-state index is 9.71. The van der Waals surface area contributed by atoms with Crippen LogP contribution in [0.1, 0.15) is 11.9 Å². The minimum absolute atomic E-state index is 0.171. The summed E-state index contributed by atoms with van der Waals surface area (Å²) < 4.78 is 11.4. The molecule has 16 heavy (non-hydrogen) atoms. The van der Waals surface area contributed by atoms with Crippen molar-refractivity contribution >= 4 is 15.9 Å². The summed E-state index contributed by atoms with van der Waals surface area (Å²) in [5.74, 6) is 1.22. The lowest BCUT2D eigenvalue weighted by atomic mass is 10.3. The number of benzene rings is 1. The van der Waals surface area contributed by atoms with Gasteiger partial charge in [0.1, 0.15) is 24.2 Å². The largest absolute Gasteiger partial charge is 0.490 e. The van der Waals surface area contributed by atoms with Crippen molar-refractivity contribution < 1.29 is 14.3 Å². The average molecular weight is 283 g/mol. The van der Waals surface area contributed by atoms with E-state index in [0.717, 1.165) is 4.47 Å². The third-order valence-corrected chi connectivity index (χ3v) is 2.57. The van der Waals surface area contributed by atoms with Crippen LogP contribution in [0.3, 0.4) is 0 Å². The lowest BCUT2D eigenvalue weighted by molar-refractivity contribution is 0.0888. The van der Waals surface area contributed by atoms with Crippen LogP contribution in [-0.2, 0) is 0 Å². The zero-order chi connectivity index (χ0) is 11.4. The Hall–Kier alpha value is -1.26. The van der Waals surface area contributed by atoms with Crippen molar-refractivity contribution in [3.63, 3.8) is 0 Å². The fourth-order valence-electron chi connectivity index (χ4n) is 1.29. The molecule has 1 aromatic carbocycles. The van der Waals surface area contributed by atoms with E-state index < -0.39 is 6.10 Å². The van der Waals surface area contributed by atoms with Gasteiger partial charge in [-0.25, -0.2) is 0 Å². The lowest BCUT2D eigenvalue weighted by Gasteiger charge is -2.10. The van der Waals surface area contributed by atoms with Crippen LogP contribution in [-0.4, -0.2) is 11.7 Å². The van der Waals surface area contributed by atoms with Gasteiger partial charge in [0.25, 0.3) is 0 Å². The quantitative estimate of drug-likeness (QED) is 0.937. The average Bonchev–Trinajstić information content (AvgIpc) is 2.79. The van der Waals surface area contributed by atoms with Gasteiger partial charge in [0.05, 0.1) is 6.26 Å². The monoisotopic (exact) mass is 282 g/mol. The Bertz CT molecular complexity index is 439. The van der Waals surface area contributed by atoms with E-state index >= 15 is 0 Å². The van der Waals surface area contributed by atoms with E-state index in [4.69, 9.17) is 9.15 Å². The van der Waals surface area contributed by atoms with Crippen LogP contribution >= 0.6 is 15.9 Å². The third kappa shape index (κ3) is 2.87. The summed E-state index contributed by atoms with van der Waals surface area (Å²) in [5, 5.41) is 9.71. The summed E-state index contributed by atoms with van der Waals surface area (Å²) in [6.07, 6.45) is 0.784. The molecule has 1 atom stereocenters. The highest BCUT2D eigenvalue weighted by molar-refractivity contribution is 9.10. The molecule has 1 heterocycles. The van der Waals surface area contributed by atoms with Gasteiger partial charge in [0.15, 0.2) is 0 Å². The van der Waals surface area contributed by atoms with E-state index in [-0.39, 0.29) is 6.61 Å². The van der Waals surface area contributed by atoms with Gasteiger partial charge in [-0.2, -0.15) is 0 Å². The number of furan rings is 1. The summed E-state index contributed by atoms with van der Waals surface area (Å²) in [7, 11) is 0. The summed E-state index contributed by atoms with van der Waals surface area (Å²) in [5.41, 5.74) is 0. The van der Waals surface area contributed by atoms with Crippen molar-refractivity contribution in [1.29, 1.82) is 0 Å². The molecule has 0 saturated heterocycles. The first-order chi connectivity index (χ1) is 7.75. The Morgan fingerprint density at radius 1 is 1.31 bits per heavy atom. The zero-order valence-electron chi connectivity index (χ0n) is 8.47. The van der Waals surface area contributed by atoms with Crippen LogP contribution < -0.4 is 4.74 Å². The van der Waals surface area contributed by atoms with Crippen molar-refractivity contribution in [2.45, 2.75) is 6.10 Å². The Labute approximate surface area is 102 Å².